The molecule has 2 rings (SSSR count). The smallest absolute Gasteiger partial charge is 0.357 e. The van der Waals surface area contributed by atoms with Gasteiger partial charge in [0.1, 0.15) is 5.69 Å². The Labute approximate surface area is 155 Å². The van der Waals surface area contributed by atoms with Crippen LogP contribution in [0.25, 0.3) is 0 Å². The number of nitrogens with one attached hydrogen (secondary N) is 2. The normalized spacial score (nSPS) is 10.2. The number of amides is 2. The summed E-state index contributed by atoms with van der Waals surface area (Å²) in [6.45, 7) is -1.33. The maximum absolute atomic E-state index is 13.4. The highest BCUT2D eigenvalue weighted by Crippen LogP contribution is 2.19. The maximum Gasteiger partial charge on any atom is 0.357 e. The van der Waals surface area contributed by atoms with Crippen molar-refractivity contribution in [1.82, 2.24) is 10.3 Å². The first kappa shape index (κ1) is 20.2. The second-order valence-corrected chi connectivity index (χ2v) is 5.42. The second-order valence-electron chi connectivity index (χ2n) is 4.98. The van der Waals surface area contributed by atoms with Crippen LogP contribution in [-0.4, -0.2) is 35.9 Å². The van der Waals surface area contributed by atoms with Crippen molar-refractivity contribution in [3.63, 3.8) is 0 Å². The first-order chi connectivity index (χ1) is 12.8. The van der Waals surface area contributed by atoms with Gasteiger partial charge in [-0.3, -0.25) is 9.59 Å². The third-order valence-electron chi connectivity index (χ3n) is 3.02. The predicted molar refractivity (Wildman–Crippen MR) is 87.5 cm³/mol. The van der Waals surface area contributed by atoms with Crippen LogP contribution in [0.15, 0.2) is 30.5 Å². The third kappa shape index (κ3) is 5.68. The van der Waals surface area contributed by atoms with E-state index in [0.717, 1.165) is 6.07 Å². The Bertz CT molecular complexity index is 895. The molecule has 7 nitrogen and oxygen atoms in total. The van der Waals surface area contributed by atoms with E-state index < -0.39 is 54.1 Å². The van der Waals surface area contributed by atoms with Crippen LogP contribution in [0.2, 0.25) is 5.02 Å². The molecule has 1 aromatic heterocycles. The molecule has 0 radical (unpaired) electrons. The van der Waals surface area contributed by atoms with Gasteiger partial charge < -0.3 is 15.4 Å². The van der Waals surface area contributed by atoms with Crippen LogP contribution >= 0.6 is 11.6 Å². The first-order valence-corrected chi connectivity index (χ1v) is 7.64. The molecule has 11 heteroatoms. The number of esters is 1. The van der Waals surface area contributed by atoms with Crippen molar-refractivity contribution in [2.24, 2.45) is 0 Å². The minimum atomic E-state index is -1.74. The predicted octanol–water partition coefficient (Wildman–Crippen LogP) is 2.06. The van der Waals surface area contributed by atoms with Gasteiger partial charge in [0.05, 0.1) is 12.2 Å². The number of ether oxygens (including phenoxy) is 1. The summed E-state index contributed by atoms with van der Waals surface area (Å²) in [7, 11) is 0. The van der Waals surface area contributed by atoms with E-state index in [4.69, 9.17) is 11.6 Å². The maximum atomic E-state index is 13.4. The number of nitrogens with zero attached hydrogens (tertiary/aromatic N) is 1. The lowest BCUT2D eigenvalue weighted by Crippen LogP contribution is -2.35. The van der Waals surface area contributed by atoms with Crippen LogP contribution in [-0.2, 0) is 14.3 Å². The van der Waals surface area contributed by atoms with Crippen LogP contribution < -0.4 is 10.6 Å². The zero-order valence-electron chi connectivity index (χ0n) is 13.4. The van der Waals surface area contributed by atoms with Crippen molar-refractivity contribution in [3.8, 4) is 0 Å². The number of pyridine rings is 1. The van der Waals surface area contributed by atoms with Gasteiger partial charge in [0.25, 0.3) is 5.91 Å². The lowest BCUT2D eigenvalue weighted by molar-refractivity contribution is -0.126. The summed E-state index contributed by atoms with van der Waals surface area (Å²) in [6, 6.07) is 4.15. The van der Waals surface area contributed by atoms with E-state index in [2.05, 4.69) is 15.0 Å². The van der Waals surface area contributed by atoms with Crippen molar-refractivity contribution >= 4 is 35.1 Å². The fraction of sp³-hybridized carbons (Fsp3) is 0.125. The summed E-state index contributed by atoms with van der Waals surface area (Å²) in [4.78, 5) is 38.6. The molecule has 0 atom stereocenters. The lowest BCUT2D eigenvalue weighted by Gasteiger charge is -2.09. The van der Waals surface area contributed by atoms with Gasteiger partial charge in [-0.05, 0) is 24.3 Å². The van der Waals surface area contributed by atoms with Crippen LogP contribution in [0.1, 0.15) is 10.5 Å². The standard InChI is InChI=1S/C16H11ClF3N3O4/c17-8-3-4-21-11(5-8)16(26)27-7-13(25)22-6-12(24)23-10-2-1-9(18)14(19)15(10)20/h1-5H,6-7H2,(H,22,25)(H,23,24). The Kier molecular flexibility index (Phi) is 6.72. The topological polar surface area (TPSA) is 97.4 Å². The average Bonchev–Trinajstić information content (AvgIpc) is 2.65. The Balaban J connectivity index is 1.79. The fourth-order valence-electron chi connectivity index (χ4n) is 1.77. The van der Waals surface area contributed by atoms with E-state index in [9.17, 15) is 27.6 Å². The van der Waals surface area contributed by atoms with Gasteiger partial charge in [0.15, 0.2) is 24.1 Å². The number of carbonyl (C=O) groups excluding carboxylic acids is 3. The molecule has 0 bridgehead atoms. The molecule has 0 saturated heterocycles. The van der Waals surface area contributed by atoms with Gasteiger partial charge >= 0.3 is 5.97 Å². The molecule has 1 heterocycles. The molecule has 2 amide bonds. The zero-order chi connectivity index (χ0) is 20.0. The molecular weight excluding hydrogens is 391 g/mol. The first-order valence-electron chi connectivity index (χ1n) is 7.26. The van der Waals surface area contributed by atoms with Crippen LogP contribution in [0.5, 0.6) is 0 Å². The van der Waals surface area contributed by atoms with Crippen LogP contribution in [0.4, 0.5) is 18.9 Å². The monoisotopic (exact) mass is 401 g/mol. The van der Waals surface area contributed by atoms with Crippen molar-refractivity contribution < 1.29 is 32.3 Å². The van der Waals surface area contributed by atoms with Gasteiger partial charge in [-0.2, -0.15) is 0 Å². The van der Waals surface area contributed by atoms with E-state index >= 15 is 0 Å². The summed E-state index contributed by atoms with van der Waals surface area (Å²) in [5, 5.41) is 4.32. The number of carbonyl (C=O) groups is 3. The summed E-state index contributed by atoms with van der Waals surface area (Å²) >= 11 is 5.69. The SMILES string of the molecule is O=C(COC(=O)c1cc(Cl)ccn1)NCC(=O)Nc1ccc(F)c(F)c1F. The molecule has 0 aliphatic carbocycles. The molecule has 27 heavy (non-hydrogen) atoms. The number of rotatable bonds is 6. The van der Waals surface area contributed by atoms with Gasteiger partial charge in [0, 0.05) is 11.2 Å². The summed E-state index contributed by atoms with van der Waals surface area (Å²) in [5.41, 5.74) is -0.700. The fourth-order valence-corrected chi connectivity index (χ4v) is 1.93. The van der Waals surface area contributed by atoms with Gasteiger partial charge in [-0.1, -0.05) is 11.6 Å². The zero-order valence-corrected chi connectivity index (χ0v) is 14.1. The van der Waals surface area contributed by atoms with Crippen LogP contribution in [0, 0.1) is 17.5 Å². The number of halogens is 4. The molecule has 0 spiro atoms. The van der Waals surface area contributed by atoms with Crippen molar-refractivity contribution in [2.45, 2.75) is 0 Å². The quantitative estimate of drug-likeness (QED) is 0.570. The molecule has 1 aromatic carbocycles. The molecule has 0 aliphatic heterocycles. The van der Waals surface area contributed by atoms with E-state index in [0.29, 0.717) is 6.07 Å². The molecular formula is C16H11ClF3N3O4. The molecule has 2 aromatic rings. The van der Waals surface area contributed by atoms with E-state index in [1.807, 2.05) is 5.32 Å². The van der Waals surface area contributed by atoms with Gasteiger partial charge in [0.2, 0.25) is 5.91 Å². The molecule has 2 N–H and O–H groups in total. The van der Waals surface area contributed by atoms with Crippen molar-refractivity contribution in [3.05, 3.63) is 58.6 Å². The van der Waals surface area contributed by atoms with Crippen molar-refractivity contribution in [2.75, 3.05) is 18.5 Å². The number of hydrogen-bond donors (Lipinski definition) is 2. The van der Waals surface area contributed by atoms with E-state index in [-0.39, 0.29) is 10.7 Å². The van der Waals surface area contributed by atoms with Gasteiger partial charge in [-0.25, -0.2) is 22.9 Å². The minimum absolute atomic E-state index is 0.109. The molecule has 0 aliphatic rings. The van der Waals surface area contributed by atoms with E-state index in [1.54, 1.807) is 0 Å². The average molecular weight is 402 g/mol. The Hall–Kier alpha value is -3.14. The van der Waals surface area contributed by atoms with Crippen molar-refractivity contribution in [1.29, 1.82) is 0 Å². The molecule has 0 unspecified atom stereocenters. The Morgan fingerprint density at radius 3 is 2.52 bits per heavy atom. The van der Waals surface area contributed by atoms with Crippen LogP contribution in [0.3, 0.4) is 0 Å². The second kappa shape index (κ2) is 8.99. The number of benzene rings is 1. The lowest BCUT2D eigenvalue weighted by atomic mass is 10.2. The van der Waals surface area contributed by atoms with Gasteiger partial charge in [-0.15, -0.1) is 0 Å². The van der Waals surface area contributed by atoms with E-state index in [1.165, 1.54) is 18.3 Å². The largest absolute Gasteiger partial charge is 0.451 e. The third-order valence-corrected chi connectivity index (χ3v) is 3.26. The summed E-state index contributed by atoms with van der Waals surface area (Å²) < 4.78 is 44.0. The number of hydrogen-bond acceptors (Lipinski definition) is 5. The highest BCUT2D eigenvalue weighted by Gasteiger charge is 2.16. The summed E-state index contributed by atoms with van der Waals surface area (Å²) in [6.07, 6.45) is 1.28. The molecule has 0 saturated carbocycles. The molecule has 142 valence electrons. The highest BCUT2D eigenvalue weighted by atomic mass is 35.5. The minimum Gasteiger partial charge on any atom is -0.451 e. The number of anilines is 1. The number of aromatic nitrogens is 1. The molecule has 0 fully saturated rings. The summed E-state index contributed by atoms with van der Waals surface area (Å²) in [5.74, 6) is -7.35. The Morgan fingerprint density at radius 1 is 1.07 bits per heavy atom. The highest BCUT2D eigenvalue weighted by molar-refractivity contribution is 6.30. The Morgan fingerprint density at radius 2 is 1.81 bits per heavy atom.